The highest BCUT2D eigenvalue weighted by atomic mass is 16.5. The largest absolute Gasteiger partial charge is 0.383 e. The van der Waals surface area contributed by atoms with Gasteiger partial charge in [-0.3, -0.25) is 4.79 Å². The summed E-state index contributed by atoms with van der Waals surface area (Å²) in [5.41, 5.74) is 5.32. The van der Waals surface area contributed by atoms with Crippen LogP contribution in [0.2, 0.25) is 0 Å². The number of rotatable bonds is 10. The average molecular weight is 231 g/mol. The number of likely N-dealkylation sites (N-methyl/N-ethyl adjacent to an activating group) is 1. The standard InChI is InChI=1S/C11H25N3O2/c1-14(9-10-16-2)8-4-7-13-11(15)5-3-6-12/h3-10,12H2,1-2H3,(H,13,15). The van der Waals surface area contributed by atoms with Crippen LogP contribution in [-0.4, -0.2) is 57.8 Å². The Morgan fingerprint density at radius 2 is 2.12 bits per heavy atom. The SMILES string of the molecule is COCCN(C)CCCNC(=O)CCCN. The zero-order chi connectivity index (χ0) is 12.2. The van der Waals surface area contributed by atoms with Crippen LogP contribution in [0.5, 0.6) is 0 Å². The van der Waals surface area contributed by atoms with Crippen LogP contribution in [-0.2, 0) is 9.53 Å². The van der Waals surface area contributed by atoms with E-state index in [9.17, 15) is 4.79 Å². The summed E-state index contributed by atoms with van der Waals surface area (Å²) in [5.74, 6) is 0.102. The summed E-state index contributed by atoms with van der Waals surface area (Å²) in [5, 5.41) is 2.88. The summed E-state index contributed by atoms with van der Waals surface area (Å²) in [7, 11) is 3.75. The molecule has 16 heavy (non-hydrogen) atoms. The second-order valence-electron chi connectivity index (χ2n) is 3.89. The number of ether oxygens (including phenoxy) is 1. The van der Waals surface area contributed by atoms with E-state index in [2.05, 4.69) is 17.3 Å². The van der Waals surface area contributed by atoms with Crippen LogP contribution in [0.3, 0.4) is 0 Å². The van der Waals surface area contributed by atoms with E-state index in [1.54, 1.807) is 7.11 Å². The van der Waals surface area contributed by atoms with Crippen molar-refractivity contribution in [1.82, 2.24) is 10.2 Å². The molecule has 96 valence electrons. The fourth-order valence-electron chi connectivity index (χ4n) is 1.29. The lowest BCUT2D eigenvalue weighted by Crippen LogP contribution is -2.29. The second kappa shape index (κ2) is 10.9. The fourth-order valence-corrected chi connectivity index (χ4v) is 1.29. The molecule has 0 aromatic carbocycles. The smallest absolute Gasteiger partial charge is 0.220 e. The minimum Gasteiger partial charge on any atom is -0.383 e. The summed E-state index contributed by atoms with van der Waals surface area (Å²) in [6.07, 6.45) is 2.27. The van der Waals surface area contributed by atoms with Crippen LogP contribution in [0.25, 0.3) is 0 Å². The Bertz CT molecular complexity index is 177. The normalized spacial score (nSPS) is 10.8. The lowest BCUT2D eigenvalue weighted by molar-refractivity contribution is -0.121. The molecule has 0 heterocycles. The van der Waals surface area contributed by atoms with Gasteiger partial charge in [0.05, 0.1) is 6.61 Å². The van der Waals surface area contributed by atoms with E-state index in [0.29, 0.717) is 13.0 Å². The van der Waals surface area contributed by atoms with E-state index in [1.807, 2.05) is 0 Å². The molecule has 0 rings (SSSR count). The van der Waals surface area contributed by atoms with Gasteiger partial charge in [0.25, 0.3) is 0 Å². The zero-order valence-electron chi connectivity index (χ0n) is 10.5. The Hall–Kier alpha value is -0.650. The van der Waals surface area contributed by atoms with Gasteiger partial charge in [0.1, 0.15) is 0 Å². The van der Waals surface area contributed by atoms with Crippen LogP contribution in [0.15, 0.2) is 0 Å². The van der Waals surface area contributed by atoms with E-state index < -0.39 is 0 Å². The van der Waals surface area contributed by atoms with E-state index in [1.165, 1.54) is 0 Å². The molecule has 3 N–H and O–H groups in total. The molecule has 0 aromatic rings. The maximum atomic E-state index is 11.2. The van der Waals surface area contributed by atoms with Crippen molar-refractivity contribution >= 4 is 5.91 Å². The number of nitrogens with two attached hydrogens (primary N) is 1. The van der Waals surface area contributed by atoms with Crippen molar-refractivity contribution in [1.29, 1.82) is 0 Å². The monoisotopic (exact) mass is 231 g/mol. The van der Waals surface area contributed by atoms with Gasteiger partial charge >= 0.3 is 0 Å². The molecular weight excluding hydrogens is 206 g/mol. The van der Waals surface area contributed by atoms with Crippen LogP contribution in [0.4, 0.5) is 0 Å². The van der Waals surface area contributed by atoms with Crippen LogP contribution >= 0.6 is 0 Å². The van der Waals surface area contributed by atoms with Gasteiger partial charge in [-0.1, -0.05) is 0 Å². The quantitative estimate of drug-likeness (QED) is 0.511. The lowest BCUT2D eigenvalue weighted by Gasteiger charge is -2.15. The van der Waals surface area contributed by atoms with Crippen molar-refractivity contribution in [2.75, 3.05) is 46.9 Å². The third-order valence-corrected chi connectivity index (χ3v) is 2.32. The maximum absolute atomic E-state index is 11.2. The molecule has 0 radical (unpaired) electrons. The number of carbonyl (C=O) groups is 1. The van der Waals surface area contributed by atoms with Gasteiger partial charge in [0.2, 0.25) is 5.91 Å². The average Bonchev–Trinajstić information content (AvgIpc) is 2.29. The van der Waals surface area contributed by atoms with Crippen molar-refractivity contribution in [3.63, 3.8) is 0 Å². The van der Waals surface area contributed by atoms with Crippen LogP contribution in [0, 0.1) is 0 Å². The topological polar surface area (TPSA) is 67.6 Å². The van der Waals surface area contributed by atoms with Crippen molar-refractivity contribution in [2.45, 2.75) is 19.3 Å². The van der Waals surface area contributed by atoms with Gasteiger partial charge in [0.15, 0.2) is 0 Å². The molecule has 5 nitrogen and oxygen atoms in total. The molecule has 0 aliphatic rings. The number of nitrogens with zero attached hydrogens (tertiary/aromatic N) is 1. The maximum Gasteiger partial charge on any atom is 0.220 e. The van der Waals surface area contributed by atoms with Gasteiger partial charge in [-0.15, -0.1) is 0 Å². The number of nitrogens with one attached hydrogen (secondary N) is 1. The molecular formula is C11H25N3O2. The minimum absolute atomic E-state index is 0.102. The Kier molecular flexibility index (Phi) is 10.4. The third kappa shape index (κ3) is 9.89. The first-order valence-electron chi connectivity index (χ1n) is 5.85. The third-order valence-electron chi connectivity index (χ3n) is 2.32. The highest BCUT2D eigenvalue weighted by Crippen LogP contribution is 1.89. The first-order valence-corrected chi connectivity index (χ1v) is 5.85. The molecule has 0 atom stereocenters. The molecule has 0 saturated carbocycles. The number of carbonyl (C=O) groups excluding carboxylic acids is 1. The van der Waals surface area contributed by atoms with Crippen molar-refractivity contribution in [3.8, 4) is 0 Å². The van der Waals surface area contributed by atoms with Gasteiger partial charge in [0, 0.05) is 26.6 Å². The number of hydrogen-bond acceptors (Lipinski definition) is 4. The molecule has 0 unspecified atom stereocenters. The van der Waals surface area contributed by atoms with E-state index in [4.69, 9.17) is 10.5 Å². The molecule has 5 heteroatoms. The van der Waals surface area contributed by atoms with Crippen molar-refractivity contribution < 1.29 is 9.53 Å². The summed E-state index contributed by atoms with van der Waals surface area (Å²) >= 11 is 0. The lowest BCUT2D eigenvalue weighted by atomic mass is 10.3. The zero-order valence-corrected chi connectivity index (χ0v) is 10.5. The van der Waals surface area contributed by atoms with Gasteiger partial charge in [-0.2, -0.15) is 0 Å². The molecule has 0 aromatic heterocycles. The minimum atomic E-state index is 0.102. The molecule has 0 aliphatic carbocycles. The highest BCUT2D eigenvalue weighted by Gasteiger charge is 2.00. The fraction of sp³-hybridized carbons (Fsp3) is 0.909. The van der Waals surface area contributed by atoms with Gasteiger partial charge in [-0.25, -0.2) is 0 Å². The first-order chi connectivity index (χ1) is 7.70. The van der Waals surface area contributed by atoms with Crippen molar-refractivity contribution in [3.05, 3.63) is 0 Å². The number of amides is 1. The molecule has 0 bridgehead atoms. The molecule has 0 fully saturated rings. The summed E-state index contributed by atoms with van der Waals surface area (Å²) in [6.45, 7) is 3.96. The first kappa shape index (κ1) is 15.3. The Labute approximate surface area is 98.3 Å². The molecule has 0 spiro atoms. The number of methoxy groups -OCH3 is 1. The van der Waals surface area contributed by atoms with Gasteiger partial charge in [-0.05, 0) is 33.0 Å². The van der Waals surface area contributed by atoms with Crippen LogP contribution < -0.4 is 11.1 Å². The van der Waals surface area contributed by atoms with Gasteiger partial charge < -0.3 is 20.7 Å². The van der Waals surface area contributed by atoms with Crippen LogP contribution in [0.1, 0.15) is 19.3 Å². The number of hydrogen-bond donors (Lipinski definition) is 2. The second-order valence-corrected chi connectivity index (χ2v) is 3.89. The summed E-state index contributed by atoms with van der Waals surface area (Å²) in [6, 6.07) is 0. The Balaban J connectivity index is 3.28. The van der Waals surface area contributed by atoms with E-state index in [0.717, 1.165) is 39.1 Å². The predicted octanol–water partition coefficient (Wildman–Crippen LogP) is -0.190. The summed E-state index contributed by atoms with van der Waals surface area (Å²) < 4.78 is 4.98. The van der Waals surface area contributed by atoms with E-state index >= 15 is 0 Å². The Morgan fingerprint density at radius 3 is 2.75 bits per heavy atom. The molecule has 0 aliphatic heterocycles. The van der Waals surface area contributed by atoms with E-state index in [-0.39, 0.29) is 5.91 Å². The van der Waals surface area contributed by atoms with Crippen molar-refractivity contribution in [2.24, 2.45) is 5.73 Å². The molecule has 1 amide bonds. The highest BCUT2D eigenvalue weighted by molar-refractivity contribution is 5.75. The predicted molar refractivity (Wildman–Crippen MR) is 65.3 cm³/mol. The Morgan fingerprint density at radius 1 is 1.38 bits per heavy atom. The summed E-state index contributed by atoms with van der Waals surface area (Å²) in [4.78, 5) is 13.4. The molecule has 0 saturated heterocycles.